The first-order valence-electron chi connectivity index (χ1n) is 24.8. The van der Waals surface area contributed by atoms with Crippen molar-refractivity contribution in [2.45, 2.75) is 91.8 Å². The number of nitrogens with zero attached hydrogens (tertiary/aromatic N) is 4. The molecule has 0 spiro atoms. The highest BCUT2D eigenvalue weighted by atomic mass is 32.1. The minimum Gasteiger partial charge on any atom is -0.378 e. The van der Waals surface area contributed by atoms with Gasteiger partial charge in [0, 0.05) is 97.1 Å². The number of benzene rings is 3. The fourth-order valence-corrected chi connectivity index (χ4v) is 15.1. The first-order valence-corrected chi connectivity index (χ1v) is 28.2. The van der Waals surface area contributed by atoms with E-state index in [0.717, 1.165) is 36.2 Å². The molecule has 0 bridgehead atoms. The molecule has 4 atom stereocenters. The summed E-state index contributed by atoms with van der Waals surface area (Å²) < 4.78 is 2.20. The number of nitro groups is 1. The summed E-state index contributed by atoms with van der Waals surface area (Å²) in [4.78, 5) is 45.0. The predicted octanol–water partition coefficient (Wildman–Crippen LogP) is 10.2. The number of thiocarbonyl (C=S) groups is 1. The molecule has 2 aliphatic heterocycles. The van der Waals surface area contributed by atoms with Crippen molar-refractivity contribution in [3.8, 4) is 0 Å². The topological polar surface area (TPSA) is 111 Å². The van der Waals surface area contributed by atoms with E-state index in [9.17, 15) is 19.7 Å². The van der Waals surface area contributed by atoms with Crippen LogP contribution in [-0.4, -0.2) is 87.8 Å². The summed E-state index contributed by atoms with van der Waals surface area (Å²) in [5.41, 5.74) is 11.4. The number of carbonyl (C=O) groups excluding carboxylic acids is 2. The van der Waals surface area contributed by atoms with Gasteiger partial charge in [-0.2, -0.15) is 0 Å². The Kier molecular flexibility index (Phi) is 13.7. The zero-order valence-electron chi connectivity index (χ0n) is 43.4. The molecule has 3 aromatic carbocycles. The predicted molar refractivity (Wildman–Crippen MR) is 295 cm³/mol. The largest absolute Gasteiger partial charge is 0.378 e. The summed E-state index contributed by atoms with van der Waals surface area (Å²) in [6, 6.07) is 19.8. The van der Waals surface area contributed by atoms with Crippen LogP contribution in [0.5, 0.6) is 0 Å². The van der Waals surface area contributed by atoms with Gasteiger partial charge in [-0.1, -0.05) is 97.2 Å². The lowest BCUT2D eigenvalue weighted by atomic mass is 9.68. The number of amides is 2. The molecule has 70 heavy (non-hydrogen) atoms. The van der Waals surface area contributed by atoms with Gasteiger partial charge in [0.15, 0.2) is 5.71 Å². The molecule has 0 aromatic heterocycles. The van der Waals surface area contributed by atoms with Crippen LogP contribution in [0, 0.1) is 33.3 Å². The van der Waals surface area contributed by atoms with Gasteiger partial charge in [-0.15, -0.1) is 0 Å². The molecule has 0 radical (unpaired) electrons. The van der Waals surface area contributed by atoms with Gasteiger partial charge in [-0.25, -0.2) is 4.58 Å². The fraction of sp³-hybridized carbons (Fsp3) is 0.414. The van der Waals surface area contributed by atoms with Gasteiger partial charge in [0.2, 0.25) is 5.91 Å². The summed E-state index contributed by atoms with van der Waals surface area (Å²) in [5, 5.41) is 21.7. The monoisotopic (exact) mass is 976 g/mol. The van der Waals surface area contributed by atoms with Crippen LogP contribution in [0.25, 0.3) is 11.3 Å². The van der Waals surface area contributed by atoms with E-state index in [1.165, 1.54) is 38.5 Å². The van der Waals surface area contributed by atoms with E-state index in [2.05, 4.69) is 144 Å². The zero-order valence-corrected chi connectivity index (χ0v) is 45.2. The van der Waals surface area contributed by atoms with Crippen LogP contribution in [0.4, 0.5) is 11.4 Å². The van der Waals surface area contributed by atoms with E-state index in [0.29, 0.717) is 51.9 Å². The van der Waals surface area contributed by atoms with Crippen LogP contribution < -0.4 is 25.6 Å². The van der Waals surface area contributed by atoms with E-state index in [1.54, 1.807) is 18.2 Å². The van der Waals surface area contributed by atoms with Crippen molar-refractivity contribution < 1.29 is 19.1 Å². The Morgan fingerprint density at radius 1 is 0.986 bits per heavy atom. The molecular weight excluding hydrogens is 905 g/mol. The van der Waals surface area contributed by atoms with Gasteiger partial charge < -0.3 is 20.4 Å². The van der Waals surface area contributed by atoms with Crippen LogP contribution in [0.15, 0.2) is 119 Å². The minimum absolute atomic E-state index is 0.0176. The number of allylic oxidation sites excluding steroid dienone is 11. The number of carbonyl (C=O) groups is 2. The van der Waals surface area contributed by atoms with Gasteiger partial charge in [0.1, 0.15) is 22.2 Å². The molecule has 5 aliphatic rings. The van der Waals surface area contributed by atoms with Gasteiger partial charge in [0.25, 0.3) is 11.6 Å². The van der Waals surface area contributed by atoms with Crippen LogP contribution in [0.3, 0.4) is 0 Å². The molecule has 3 aliphatic carbocycles. The third-order valence-corrected chi connectivity index (χ3v) is 19.5. The molecule has 1 fully saturated rings. The number of hydrogen-bond acceptors (Lipinski definition) is 7. The molecule has 2 N–H and O–H groups in total. The van der Waals surface area contributed by atoms with Crippen molar-refractivity contribution in [2.24, 2.45) is 23.2 Å². The Labute approximate surface area is 421 Å². The lowest BCUT2D eigenvalue weighted by Gasteiger charge is -2.43. The second-order valence-electron chi connectivity index (χ2n) is 22.8. The first kappa shape index (κ1) is 50.4. The standard InChI is InChI=1S/C58H70N6O4SSi/c1-35-28-37(18-23-42(35)53-45-24-21-40(61(7)8)31-50(45)70(12,13)51-32-41(62(9)10)22-25-46(51)53)55(65)59-34-39(33-57(2,3)4)60-56(66)38-19-26-48-47(29-38)58(5,6)52(63(48)11)27-20-36-30-49(64(67)68)43-16-14-15-17-44(43)54(36)69/h14-17,19-22,24-27,29-32,35,37,39,42H,18,23,28,33-34H2,1-13H3,(H-,59,60,65,66)/p+1/b36-20-,52-27-/t35-,37?,39?,42?/m0/s1. The average molecular weight is 976 g/mol. The van der Waals surface area contributed by atoms with E-state index >= 15 is 0 Å². The van der Waals surface area contributed by atoms with Crippen LogP contribution in [0.1, 0.15) is 99.8 Å². The fourth-order valence-electron chi connectivity index (χ4n) is 11.7. The molecule has 2 amide bonds. The molecule has 1 saturated carbocycles. The lowest BCUT2D eigenvalue weighted by molar-refractivity contribution is -0.462. The summed E-state index contributed by atoms with van der Waals surface area (Å²) in [5.74, 6) is 0.389. The van der Waals surface area contributed by atoms with Crippen LogP contribution in [0.2, 0.25) is 13.1 Å². The second-order valence-corrected chi connectivity index (χ2v) is 27.5. The Balaban J connectivity index is 0.969. The smallest absolute Gasteiger partial charge is 0.277 e. The van der Waals surface area contributed by atoms with Crippen molar-refractivity contribution >= 4 is 70.5 Å². The van der Waals surface area contributed by atoms with Crippen LogP contribution in [-0.2, 0) is 10.2 Å². The number of rotatable bonds is 10. The summed E-state index contributed by atoms with van der Waals surface area (Å²) >= 11 is 5.82. The molecule has 8 rings (SSSR count). The molecule has 0 saturated heterocycles. The third-order valence-electron chi connectivity index (χ3n) is 15.5. The number of likely N-dealkylation sites (N-methyl/N-ethyl adjacent to an activating group) is 1. The first-order chi connectivity index (χ1) is 32.9. The van der Waals surface area contributed by atoms with Gasteiger partial charge >= 0.3 is 0 Å². The maximum atomic E-state index is 14.2. The highest BCUT2D eigenvalue weighted by Crippen LogP contribution is 2.50. The molecule has 10 nitrogen and oxygen atoms in total. The number of hydrogen-bond donors (Lipinski definition) is 2. The average Bonchev–Trinajstić information content (AvgIpc) is 3.49. The Morgan fingerprint density at radius 3 is 2.36 bits per heavy atom. The summed E-state index contributed by atoms with van der Waals surface area (Å²) in [7, 11) is 8.41. The third kappa shape index (κ3) is 9.49. The number of anilines is 2. The van der Waals surface area contributed by atoms with Crippen molar-refractivity contribution in [3.63, 3.8) is 0 Å². The Hall–Kier alpha value is -5.98. The van der Waals surface area contributed by atoms with Crippen molar-refractivity contribution in [1.29, 1.82) is 0 Å². The highest BCUT2D eigenvalue weighted by Gasteiger charge is 2.45. The molecular formula is C58H71N6O4SSi+. The van der Waals surface area contributed by atoms with Crippen molar-refractivity contribution in [2.75, 3.05) is 51.6 Å². The Morgan fingerprint density at radius 2 is 1.70 bits per heavy atom. The summed E-state index contributed by atoms with van der Waals surface area (Å²) in [6.07, 6.45) is 15.7. The Bertz CT molecular complexity index is 2940. The molecule has 3 unspecified atom stereocenters. The van der Waals surface area contributed by atoms with E-state index in [4.69, 9.17) is 12.2 Å². The van der Waals surface area contributed by atoms with Crippen molar-refractivity contribution in [3.05, 3.63) is 157 Å². The maximum Gasteiger partial charge on any atom is 0.277 e. The van der Waals surface area contributed by atoms with Gasteiger partial charge in [-0.05, 0) is 124 Å². The quantitative estimate of drug-likeness (QED) is 0.0520. The van der Waals surface area contributed by atoms with E-state index < -0.39 is 13.5 Å². The second kappa shape index (κ2) is 19.0. The molecule has 366 valence electrons. The number of nitrogens with one attached hydrogen (secondary N) is 2. The van der Waals surface area contributed by atoms with Gasteiger partial charge in [-0.3, -0.25) is 19.7 Å². The summed E-state index contributed by atoms with van der Waals surface area (Å²) in [6.45, 7) is 18.4. The normalized spacial score (nSPS) is 22.6. The molecule has 12 heteroatoms. The molecule has 2 heterocycles. The highest BCUT2D eigenvalue weighted by molar-refractivity contribution is 7.81. The SMILES string of the molecule is C[C@H]1CC(C(=O)NCC(CC(C)(C)C)NC(=O)c2ccc3c(c2)C(C)(C)/C(=C/C=C2/C=C([N+](=O)[O-])c4ccccc4C2=S)N3C)CCC1C1=C2C=CC(=[N+](C)C)C=C2[Si](C)(C)c2cc(N(C)C)ccc21. The van der Waals surface area contributed by atoms with Crippen molar-refractivity contribution in [1.82, 2.24) is 10.6 Å². The molecule has 3 aromatic rings. The zero-order chi connectivity index (χ0) is 50.8. The van der Waals surface area contributed by atoms with Gasteiger partial charge in [0.05, 0.1) is 15.4 Å². The van der Waals surface area contributed by atoms with E-state index in [1.807, 2.05) is 49.5 Å². The minimum atomic E-state index is -2.05. The van der Waals surface area contributed by atoms with Crippen LogP contribution >= 0.6 is 12.2 Å². The van der Waals surface area contributed by atoms with E-state index in [-0.39, 0.29) is 39.8 Å². The number of fused-ring (bicyclic) bond motifs is 4. The lowest BCUT2D eigenvalue weighted by Crippen LogP contribution is -2.50. The maximum absolute atomic E-state index is 14.2.